The van der Waals surface area contributed by atoms with E-state index in [0.717, 1.165) is 43.5 Å². The first-order valence-electron chi connectivity index (χ1n) is 16.3. The second kappa shape index (κ2) is 16.1. The molecule has 0 unspecified atom stereocenters. The van der Waals surface area contributed by atoms with Crippen molar-refractivity contribution in [3.8, 4) is 11.5 Å². The highest BCUT2D eigenvalue weighted by atomic mass is 16.5. The summed E-state index contributed by atoms with van der Waals surface area (Å²) in [5.74, 6) is 1.48. The summed E-state index contributed by atoms with van der Waals surface area (Å²) in [6.45, 7) is 15.6. The lowest BCUT2D eigenvalue weighted by Gasteiger charge is -2.38. The number of nitrogens with one attached hydrogen (secondary N) is 2. The monoisotopic (exact) mass is 620 g/mol. The molecule has 3 amide bonds. The molecule has 2 aromatic carbocycles. The molecule has 2 N–H and O–H groups in total. The van der Waals surface area contributed by atoms with E-state index in [2.05, 4.69) is 42.9 Å². The first-order valence-corrected chi connectivity index (χ1v) is 16.3. The zero-order valence-electron chi connectivity index (χ0n) is 27.9. The molecule has 0 aromatic heterocycles. The molecule has 0 spiro atoms. The third kappa shape index (κ3) is 8.79. The number of nitrogens with zero attached hydrogens (tertiary/aromatic N) is 2. The Bertz CT molecular complexity index is 1280. The number of amides is 3. The second-order valence-corrected chi connectivity index (χ2v) is 12.7. The average Bonchev–Trinajstić information content (AvgIpc) is 3.75. The number of hydrogen-bond acceptors (Lipinski definition) is 6. The Hall–Kier alpha value is -3.56. The molecule has 1 heterocycles. The molecule has 0 bridgehead atoms. The van der Waals surface area contributed by atoms with Crippen molar-refractivity contribution in [1.29, 1.82) is 0 Å². The summed E-state index contributed by atoms with van der Waals surface area (Å²) < 4.78 is 16.6. The standard InChI is InChI=1S/C36H52N4O5/c1-24(2)34(27-12-9-8-10-13-27)38-36(42)40(30-15-16-30)26(5)31-22-37-21-29(31)23-39(25(3)4)35(41)28-14-17-32(44-7)33(20-28)45-19-11-18-43-6/h8-10,12-14,17,20,25-26,29-31,34,37H,1,11,15-16,18-19,21-23H2,2-7H3,(H,38,42)/t26-,29-,31-,34+/m0/s1. The molecule has 1 aliphatic heterocycles. The summed E-state index contributed by atoms with van der Waals surface area (Å²) in [6, 6.07) is 15.3. The lowest BCUT2D eigenvalue weighted by atomic mass is 9.87. The van der Waals surface area contributed by atoms with Crippen molar-refractivity contribution in [1.82, 2.24) is 20.4 Å². The third-order valence-electron chi connectivity index (χ3n) is 9.00. The first kappa shape index (κ1) is 34.3. The molecule has 2 aromatic rings. The predicted octanol–water partition coefficient (Wildman–Crippen LogP) is 5.68. The average molecular weight is 621 g/mol. The number of benzene rings is 2. The SMILES string of the molecule is C=C(C)[C@@H](NC(=O)N(C1CC1)[C@@H](C)[C@@H]1CNC[C@H]1CN(C(=O)c1ccc(OC)c(OCCCOC)c1)C(C)C)c1ccccc1. The summed E-state index contributed by atoms with van der Waals surface area (Å²) in [5, 5.41) is 6.85. The van der Waals surface area contributed by atoms with Gasteiger partial charge in [0.25, 0.3) is 5.91 Å². The van der Waals surface area contributed by atoms with Crippen LogP contribution in [0, 0.1) is 11.8 Å². The van der Waals surface area contributed by atoms with Crippen LogP contribution in [0.4, 0.5) is 4.79 Å². The fourth-order valence-corrected chi connectivity index (χ4v) is 6.35. The largest absolute Gasteiger partial charge is 0.493 e. The van der Waals surface area contributed by atoms with Crippen LogP contribution in [-0.4, -0.2) is 86.9 Å². The second-order valence-electron chi connectivity index (χ2n) is 12.7. The van der Waals surface area contributed by atoms with Crippen molar-refractivity contribution in [2.24, 2.45) is 11.8 Å². The van der Waals surface area contributed by atoms with E-state index in [1.165, 1.54) is 0 Å². The van der Waals surface area contributed by atoms with Crippen molar-refractivity contribution in [3.63, 3.8) is 0 Å². The van der Waals surface area contributed by atoms with E-state index < -0.39 is 0 Å². The van der Waals surface area contributed by atoms with Gasteiger partial charge in [-0.15, -0.1) is 0 Å². The molecule has 0 radical (unpaired) electrons. The van der Waals surface area contributed by atoms with Crippen LogP contribution < -0.4 is 20.1 Å². The fourth-order valence-electron chi connectivity index (χ4n) is 6.35. The van der Waals surface area contributed by atoms with Gasteiger partial charge in [-0.1, -0.05) is 42.5 Å². The van der Waals surface area contributed by atoms with Crippen molar-refractivity contribution >= 4 is 11.9 Å². The number of hydrogen-bond donors (Lipinski definition) is 2. The summed E-state index contributed by atoms with van der Waals surface area (Å²) >= 11 is 0. The van der Waals surface area contributed by atoms with Gasteiger partial charge in [0, 0.05) is 63.5 Å². The van der Waals surface area contributed by atoms with Gasteiger partial charge in [-0.25, -0.2) is 4.79 Å². The highest BCUT2D eigenvalue weighted by Gasteiger charge is 2.43. The topological polar surface area (TPSA) is 92.4 Å². The normalized spacial score (nSPS) is 19.1. The number of methoxy groups -OCH3 is 2. The van der Waals surface area contributed by atoms with Crippen LogP contribution in [0.5, 0.6) is 11.5 Å². The molecule has 4 atom stereocenters. The molecule has 1 saturated heterocycles. The molecule has 9 heteroatoms. The number of ether oxygens (including phenoxy) is 3. The van der Waals surface area contributed by atoms with Crippen LogP contribution in [-0.2, 0) is 4.74 Å². The Morgan fingerprint density at radius 3 is 2.38 bits per heavy atom. The van der Waals surface area contributed by atoms with Gasteiger partial charge >= 0.3 is 6.03 Å². The Morgan fingerprint density at radius 1 is 1.02 bits per heavy atom. The van der Waals surface area contributed by atoms with Gasteiger partial charge in [0.2, 0.25) is 0 Å². The molecule has 9 nitrogen and oxygen atoms in total. The van der Waals surface area contributed by atoms with Gasteiger partial charge < -0.3 is 34.6 Å². The Balaban J connectivity index is 1.48. The highest BCUT2D eigenvalue weighted by molar-refractivity contribution is 5.95. The molecular weight excluding hydrogens is 568 g/mol. The minimum atomic E-state index is -0.253. The third-order valence-corrected chi connectivity index (χ3v) is 9.00. The lowest BCUT2D eigenvalue weighted by molar-refractivity contribution is 0.0630. The molecule has 2 fully saturated rings. The molecule has 4 rings (SSSR count). The van der Waals surface area contributed by atoms with E-state index in [9.17, 15) is 9.59 Å². The van der Waals surface area contributed by atoms with Crippen LogP contribution in [0.15, 0.2) is 60.7 Å². The maximum absolute atomic E-state index is 14.0. The highest BCUT2D eigenvalue weighted by Crippen LogP contribution is 2.35. The molecule has 45 heavy (non-hydrogen) atoms. The molecule has 2 aliphatic rings. The van der Waals surface area contributed by atoms with E-state index in [4.69, 9.17) is 14.2 Å². The fraction of sp³-hybridized carbons (Fsp3) is 0.556. The Morgan fingerprint density at radius 2 is 1.76 bits per heavy atom. The minimum Gasteiger partial charge on any atom is -0.493 e. The minimum absolute atomic E-state index is 0.00347. The number of carbonyl (C=O) groups excluding carboxylic acids is 2. The van der Waals surface area contributed by atoms with Gasteiger partial charge in [0.15, 0.2) is 11.5 Å². The van der Waals surface area contributed by atoms with Crippen molar-refractivity contribution in [3.05, 3.63) is 71.8 Å². The molecular formula is C36H52N4O5. The lowest BCUT2D eigenvalue weighted by Crippen LogP contribution is -2.52. The van der Waals surface area contributed by atoms with Crippen molar-refractivity contribution < 1.29 is 23.8 Å². The number of carbonyl (C=O) groups is 2. The summed E-state index contributed by atoms with van der Waals surface area (Å²) in [5.41, 5.74) is 2.48. The quantitative estimate of drug-likeness (QED) is 0.186. The first-order chi connectivity index (χ1) is 21.7. The maximum Gasteiger partial charge on any atom is 0.318 e. The van der Waals surface area contributed by atoms with Crippen LogP contribution >= 0.6 is 0 Å². The van der Waals surface area contributed by atoms with E-state index in [-0.39, 0.29) is 47.9 Å². The Kier molecular flexibility index (Phi) is 12.3. The molecule has 1 saturated carbocycles. The van der Waals surface area contributed by atoms with E-state index in [1.54, 1.807) is 32.4 Å². The van der Waals surface area contributed by atoms with Crippen molar-refractivity contribution in [2.45, 2.75) is 71.1 Å². The Labute approximate surface area is 269 Å². The predicted molar refractivity (Wildman–Crippen MR) is 178 cm³/mol. The van der Waals surface area contributed by atoms with Gasteiger partial charge in [0.05, 0.1) is 19.8 Å². The molecule has 1 aliphatic carbocycles. The van der Waals surface area contributed by atoms with Crippen molar-refractivity contribution in [2.75, 3.05) is 47.1 Å². The van der Waals surface area contributed by atoms with Gasteiger partial charge in [-0.2, -0.15) is 0 Å². The summed E-state index contributed by atoms with van der Waals surface area (Å²) in [4.78, 5) is 31.9. The number of rotatable bonds is 16. The summed E-state index contributed by atoms with van der Waals surface area (Å²) in [7, 11) is 3.26. The van der Waals surface area contributed by atoms with Gasteiger partial charge in [-0.3, -0.25) is 4.79 Å². The van der Waals surface area contributed by atoms with Crippen LogP contribution in [0.1, 0.15) is 68.9 Å². The summed E-state index contributed by atoms with van der Waals surface area (Å²) in [6.07, 6.45) is 2.76. The van der Waals surface area contributed by atoms with Gasteiger partial charge in [0.1, 0.15) is 0 Å². The maximum atomic E-state index is 14.0. The van der Waals surface area contributed by atoms with Crippen LogP contribution in [0.3, 0.4) is 0 Å². The zero-order chi connectivity index (χ0) is 32.5. The molecule has 246 valence electrons. The van der Waals surface area contributed by atoms with Crippen LogP contribution in [0.2, 0.25) is 0 Å². The van der Waals surface area contributed by atoms with E-state index in [0.29, 0.717) is 36.8 Å². The van der Waals surface area contributed by atoms with E-state index in [1.807, 2.05) is 42.2 Å². The number of urea groups is 1. The van der Waals surface area contributed by atoms with E-state index >= 15 is 0 Å². The zero-order valence-corrected chi connectivity index (χ0v) is 27.9. The van der Waals surface area contributed by atoms with Crippen LogP contribution in [0.25, 0.3) is 0 Å². The van der Waals surface area contributed by atoms with Gasteiger partial charge in [-0.05, 0) is 76.1 Å². The smallest absolute Gasteiger partial charge is 0.318 e.